The second-order valence-corrected chi connectivity index (χ2v) is 10.5. The van der Waals surface area contributed by atoms with E-state index in [9.17, 15) is 12.8 Å². The second-order valence-electron chi connectivity index (χ2n) is 6.93. The highest BCUT2D eigenvalue weighted by molar-refractivity contribution is 7.99. The number of thioether (sulfide) groups is 1. The molecule has 9 heteroatoms. The number of nitrogens with zero attached hydrogens (tertiary/aromatic N) is 3. The van der Waals surface area contributed by atoms with Crippen molar-refractivity contribution in [3.8, 4) is 0 Å². The van der Waals surface area contributed by atoms with Gasteiger partial charge in [-0.2, -0.15) is 4.31 Å². The predicted molar refractivity (Wildman–Crippen MR) is 99.2 cm³/mol. The third kappa shape index (κ3) is 3.17. The van der Waals surface area contributed by atoms with E-state index in [1.165, 1.54) is 22.5 Å². The van der Waals surface area contributed by atoms with E-state index in [1.807, 2.05) is 17.8 Å². The van der Waals surface area contributed by atoms with Gasteiger partial charge in [-0.25, -0.2) is 17.8 Å². The van der Waals surface area contributed by atoms with Gasteiger partial charge in [-0.05, 0) is 36.8 Å². The molecule has 140 valence electrons. The minimum atomic E-state index is -3.86. The topological polar surface area (TPSA) is 55.2 Å². The van der Waals surface area contributed by atoms with Gasteiger partial charge in [0, 0.05) is 37.8 Å². The van der Waals surface area contributed by atoms with Crippen LogP contribution in [0.3, 0.4) is 0 Å². The van der Waals surface area contributed by atoms with Crippen molar-refractivity contribution in [3.05, 3.63) is 41.4 Å². The van der Waals surface area contributed by atoms with E-state index in [2.05, 4.69) is 4.98 Å². The van der Waals surface area contributed by atoms with Crippen LogP contribution >= 0.6 is 23.4 Å². The van der Waals surface area contributed by atoms with Gasteiger partial charge < -0.3 is 4.57 Å². The fraction of sp³-hybridized carbons (Fsp3) is 0.471. The van der Waals surface area contributed by atoms with E-state index in [4.69, 9.17) is 11.6 Å². The van der Waals surface area contributed by atoms with Gasteiger partial charge in [0.1, 0.15) is 4.90 Å². The van der Waals surface area contributed by atoms with Crippen LogP contribution < -0.4 is 0 Å². The Hall–Kier alpha value is -1.09. The molecule has 1 aliphatic heterocycles. The Morgan fingerprint density at radius 2 is 1.96 bits per heavy atom. The van der Waals surface area contributed by atoms with Crippen LogP contribution in [0.4, 0.5) is 4.39 Å². The van der Waals surface area contributed by atoms with Gasteiger partial charge >= 0.3 is 0 Å². The average molecular weight is 416 g/mol. The summed E-state index contributed by atoms with van der Waals surface area (Å²) in [5.41, 5.74) is 0. The van der Waals surface area contributed by atoms with Crippen LogP contribution in [0, 0.1) is 17.7 Å². The molecule has 3 atom stereocenters. The maximum atomic E-state index is 14.2. The highest BCUT2D eigenvalue weighted by Gasteiger charge is 2.45. The molecule has 2 heterocycles. The summed E-state index contributed by atoms with van der Waals surface area (Å²) in [5.74, 6) is -0.246. The third-order valence-corrected chi connectivity index (χ3v) is 8.72. The first-order chi connectivity index (χ1) is 12.4. The summed E-state index contributed by atoms with van der Waals surface area (Å²) in [6, 6.07) is 4.10. The highest BCUT2D eigenvalue weighted by Crippen LogP contribution is 2.46. The molecule has 1 aliphatic carbocycles. The monoisotopic (exact) mass is 415 g/mol. The Balaban J connectivity index is 1.46. The van der Waals surface area contributed by atoms with Crippen molar-refractivity contribution in [2.45, 2.75) is 28.1 Å². The number of benzene rings is 1. The fourth-order valence-corrected chi connectivity index (χ4v) is 7.14. The third-order valence-electron chi connectivity index (χ3n) is 5.26. The Morgan fingerprint density at radius 3 is 2.58 bits per heavy atom. The Kier molecular flexibility index (Phi) is 4.79. The maximum absolute atomic E-state index is 14.2. The summed E-state index contributed by atoms with van der Waals surface area (Å²) in [6.45, 7) is 0.882. The number of fused-ring (bicyclic) bond motifs is 1. The van der Waals surface area contributed by atoms with Gasteiger partial charge in [-0.15, -0.1) is 0 Å². The molecule has 0 N–H and O–H groups in total. The molecule has 1 aromatic heterocycles. The lowest BCUT2D eigenvalue weighted by Crippen LogP contribution is -2.31. The van der Waals surface area contributed by atoms with E-state index in [0.29, 0.717) is 30.2 Å². The van der Waals surface area contributed by atoms with Crippen molar-refractivity contribution in [3.63, 3.8) is 0 Å². The molecule has 0 bridgehead atoms. The number of halogens is 2. The molecule has 2 aliphatic rings. The number of hydrogen-bond donors (Lipinski definition) is 0. The molecule has 0 radical (unpaired) electrons. The smallest absolute Gasteiger partial charge is 0.246 e. The summed E-state index contributed by atoms with van der Waals surface area (Å²) >= 11 is 7.51. The molecule has 0 amide bonds. The van der Waals surface area contributed by atoms with Crippen molar-refractivity contribution in [1.82, 2.24) is 13.9 Å². The lowest BCUT2D eigenvalue weighted by atomic mass is 10.0. The predicted octanol–water partition coefficient (Wildman–Crippen LogP) is 3.40. The number of rotatable bonds is 4. The summed E-state index contributed by atoms with van der Waals surface area (Å²) in [6.07, 6.45) is 5.61. The lowest BCUT2D eigenvalue weighted by Gasteiger charge is -2.19. The van der Waals surface area contributed by atoms with Crippen molar-refractivity contribution >= 4 is 33.4 Å². The SMILES string of the molecule is Cn1ccnc1S[C@H]1C[C@@H]2CN(S(=O)(=O)c3cccc(Cl)c3F)C[C@@H]2C1. The molecule has 2 fully saturated rings. The number of aryl methyl sites for hydroxylation is 1. The summed E-state index contributed by atoms with van der Waals surface area (Å²) in [5, 5.41) is 1.26. The van der Waals surface area contributed by atoms with Crippen LogP contribution in [0.5, 0.6) is 0 Å². The Bertz CT molecular complexity index is 920. The molecular weight excluding hydrogens is 397 g/mol. The number of sulfonamides is 1. The van der Waals surface area contributed by atoms with Gasteiger partial charge in [0.15, 0.2) is 11.0 Å². The Morgan fingerprint density at radius 1 is 1.27 bits per heavy atom. The molecule has 26 heavy (non-hydrogen) atoms. The van der Waals surface area contributed by atoms with Crippen molar-refractivity contribution in [2.24, 2.45) is 18.9 Å². The number of hydrogen-bond acceptors (Lipinski definition) is 4. The van der Waals surface area contributed by atoms with Crippen LogP contribution in [-0.4, -0.2) is 40.6 Å². The van der Waals surface area contributed by atoms with Gasteiger partial charge in [0.05, 0.1) is 5.02 Å². The quantitative estimate of drug-likeness (QED) is 0.767. The van der Waals surface area contributed by atoms with Crippen LogP contribution in [0.15, 0.2) is 40.6 Å². The maximum Gasteiger partial charge on any atom is 0.246 e. The van der Waals surface area contributed by atoms with Crippen molar-refractivity contribution in [1.29, 1.82) is 0 Å². The molecule has 1 saturated carbocycles. The lowest BCUT2D eigenvalue weighted by molar-refractivity contribution is 0.441. The summed E-state index contributed by atoms with van der Waals surface area (Å²) in [4.78, 5) is 4.02. The van der Waals surface area contributed by atoms with Crippen LogP contribution in [0.2, 0.25) is 5.02 Å². The highest BCUT2D eigenvalue weighted by atomic mass is 35.5. The van der Waals surface area contributed by atoms with E-state index >= 15 is 0 Å². The van der Waals surface area contributed by atoms with Gasteiger partial charge in [0.2, 0.25) is 10.0 Å². The average Bonchev–Trinajstić information content (AvgIpc) is 3.26. The molecule has 4 rings (SSSR count). The molecular formula is C17H19ClFN3O2S2. The first-order valence-electron chi connectivity index (χ1n) is 8.44. The first kappa shape index (κ1) is 18.3. The van der Waals surface area contributed by atoms with Crippen molar-refractivity contribution < 1.29 is 12.8 Å². The molecule has 1 saturated heterocycles. The molecule has 0 unspecified atom stereocenters. The minimum Gasteiger partial charge on any atom is -0.329 e. The van der Waals surface area contributed by atoms with Gasteiger partial charge in [0.25, 0.3) is 0 Å². The molecule has 2 aromatic rings. The zero-order chi connectivity index (χ0) is 18.5. The molecule has 1 aromatic carbocycles. The summed E-state index contributed by atoms with van der Waals surface area (Å²) < 4.78 is 43.3. The van der Waals surface area contributed by atoms with Gasteiger partial charge in [-0.1, -0.05) is 29.4 Å². The van der Waals surface area contributed by atoms with E-state index in [0.717, 1.165) is 18.0 Å². The van der Waals surface area contributed by atoms with Crippen LogP contribution in [0.25, 0.3) is 0 Å². The number of imidazole rings is 1. The van der Waals surface area contributed by atoms with Crippen LogP contribution in [-0.2, 0) is 17.1 Å². The molecule has 5 nitrogen and oxygen atoms in total. The Labute approximate surface area is 161 Å². The standard InChI is InChI=1S/C17H19ClFN3O2S2/c1-21-6-5-20-17(21)25-13-7-11-9-22(10-12(11)8-13)26(23,24)15-4-2-3-14(18)16(15)19/h2-6,11-13H,7-10H2,1H3/t11-,12+,13+. The zero-order valence-electron chi connectivity index (χ0n) is 14.2. The van der Waals surface area contributed by atoms with E-state index in [1.54, 1.807) is 18.0 Å². The summed E-state index contributed by atoms with van der Waals surface area (Å²) in [7, 11) is -1.89. The van der Waals surface area contributed by atoms with E-state index < -0.39 is 15.8 Å². The first-order valence-corrected chi connectivity index (χ1v) is 11.1. The number of aromatic nitrogens is 2. The largest absolute Gasteiger partial charge is 0.329 e. The second kappa shape index (κ2) is 6.82. The normalized spacial score (nSPS) is 26.3. The van der Waals surface area contributed by atoms with Crippen LogP contribution in [0.1, 0.15) is 12.8 Å². The van der Waals surface area contributed by atoms with E-state index in [-0.39, 0.29) is 9.92 Å². The minimum absolute atomic E-state index is 0.169. The fourth-order valence-electron chi connectivity index (χ4n) is 3.93. The zero-order valence-corrected chi connectivity index (χ0v) is 16.6. The van der Waals surface area contributed by atoms with Crippen molar-refractivity contribution in [2.75, 3.05) is 13.1 Å². The molecule has 0 spiro atoms. The van der Waals surface area contributed by atoms with Gasteiger partial charge in [-0.3, -0.25) is 0 Å².